The summed E-state index contributed by atoms with van der Waals surface area (Å²) in [6.07, 6.45) is -3.32. The van der Waals surface area contributed by atoms with Crippen LogP contribution in [0.3, 0.4) is 0 Å². The molecule has 1 heterocycles. The Morgan fingerprint density at radius 3 is 2.50 bits per heavy atom. The molecular formula is C17H18F4O3. The summed E-state index contributed by atoms with van der Waals surface area (Å²) in [5.41, 5.74) is -1.92. The predicted octanol–water partition coefficient (Wildman–Crippen LogP) is 4.56. The lowest BCUT2D eigenvalue weighted by Crippen LogP contribution is -2.43. The van der Waals surface area contributed by atoms with Crippen LogP contribution in [0.25, 0.3) is 0 Å². The molecule has 24 heavy (non-hydrogen) atoms. The molecule has 0 radical (unpaired) electrons. The zero-order valence-corrected chi connectivity index (χ0v) is 13.3. The number of halogens is 4. The maximum absolute atomic E-state index is 13.5. The van der Waals surface area contributed by atoms with E-state index in [1.54, 1.807) is 13.8 Å². The number of benzene rings is 1. The van der Waals surface area contributed by atoms with Gasteiger partial charge in [0, 0.05) is 6.42 Å². The largest absolute Gasteiger partial charge is 0.512 e. The fourth-order valence-electron chi connectivity index (χ4n) is 2.82. The van der Waals surface area contributed by atoms with Crippen molar-refractivity contribution in [3.8, 4) is 0 Å². The van der Waals surface area contributed by atoms with E-state index in [9.17, 15) is 27.5 Å². The molecule has 1 aliphatic heterocycles. The molecule has 132 valence electrons. The van der Waals surface area contributed by atoms with E-state index in [-0.39, 0.29) is 36.5 Å². The van der Waals surface area contributed by atoms with Crippen molar-refractivity contribution in [1.82, 2.24) is 0 Å². The summed E-state index contributed by atoms with van der Waals surface area (Å²) in [4.78, 5) is 11.6. The van der Waals surface area contributed by atoms with Gasteiger partial charge < -0.3 is 9.84 Å². The van der Waals surface area contributed by atoms with Gasteiger partial charge in [-0.15, -0.1) is 0 Å². The van der Waals surface area contributed by atoms with Gasteiger partial charge in [0.1, 0.15) is 17.2 Å². The number of aliphatic hydroxyl groups excluding tert-OH is 1. The highest BCUT2D eigenvalue weighted by Crippen LogP contribution is 2.37. The number of ether oxygens (including phenoxy) is 1. The molecule has 0 saturated carbocycles. The van der Waals surface area contributed by atoms with Crippen molar-refractivity contribution < 1.29 is 32.2 Å². The van der Waals surface area contributed by atoms with E-state index in [2.05, 4.69) is 0 Å². The fourth-order valence-corrected chi connectivity index (χ4v) is 2.82. The molecule has 0 spiro atoms. The number of hydrogen-bond acceptors (Lipinski definition) is 3. The highest BCUT2D eigenvalue weighted by Gasteiger charge is 2.41. The third kappa shape index (κ3) is 4.07. The number of cyclic esters (lactones) is 1. The van der Waals surface area contributed by atoms with Gasteiger partial charge in [-0.05, 0) is 42.5 Å². The smallest absolute Gasteiger partial charge is 0.416 e. The van der Waals surface area contributed by atoms with Crippen LogP contribution in [0.2, 0.25) is 0 Å². The molecule has 2 rings (SSSR count). The van der Waals surface area contributed by atoms with E-state index in [0.29, 0.717) is 6.07 Å². The lowest BCUT2D eigenvalue weighted by Gasteiger charge is -2.39. The first-order valence-electron chi connectivity index (χ1n) is 7.51. The fraction of sp³-hybridized carbons (Fsp3) is 0.471. The maximum atomic E-state index is 13.5. The lowest BCUT2D eigenvalue weighted by atomic mass is 9.80. The number of esters is 1. The van der Waals surface area contributed by atoms with Crippen molar-refractivity contribution in [2.75, 3.05) is 0 Å². The molecule has 1 unspecified atom stereocenters. The average molecular weight is 346 g/mol. The predicted molar refractivity (Wildman–Crippen MR) is 78.7 cm³/mol. The third-order valence-corrected chi connectivity index (χ3v) is 4.24. The summed E-state index contributed by atoms with van der Waals surface area (Å²) in [7, 11) is 0. The number of alkyl halides is 3. The monoisotopic (exact) mass is 346 g/mol. The van der Waals surface area contributed by atoms with Gasteiger partial charge in [-0.3, -0.25) is 0 Å². The van der Waals surface area contributed by atoms with Crippen LogP contribution < -0.4 is 0 Å². The van der Waals surface area contributed by atoms with E-state index >= 15 is 0 Å². The summed E-state index contributed by atoms with van der Waals surface area (Å²) >= 11 is 0. The van der Waals surface area contributed by atoms with Gasteiger partial charge in [-0.25, -0.2) is 9.18 Å². The van der Waals surface area contributed by atoms with Crippen molar-refractivity contribution in [3.05, 3.63) is 47.0 Å². The van der Waals surface area contributed by atoms with Crippen LogP contribution in [0.15, 0.2) is 30.0 Å². The Hall–Kier alpha value is -2.05. The van der Waals surface area contributed by atoms with Gasteiger partial charge in [0.2, 0.25) is 0 Å². The molecular weight excluding hydrogens is 328 g/mol. The maximum Gasteiger partial charge on any atom is 0.416 e. The standard InChI is InChI=1S/C17H18F4O3/c1-10(2)16(9-14(22)8-15(23)24-16)4-3-11-5-12(17(19,20)21)7-13(18)6-11/h5-8,10,22H,3-4,9H2,1-2H3. The van der Waals surface area contributed by atoms with Crippen LogP contribution in [-0.2, 0) is 22.1 Å². The van der Waals surface area contributed by atoms with Crippen molar-refractivity contribution >= 4 is 5.97 Å². The summed E-state index contributed by atoms with van der Waals surface area (Å²) < 4.78 is 57.1. The van der Waals surface area contributed by atoms with Gasteiger partial charge in [0.15, 0.2) is 0 Å². The minimum absolute atomic E-state index is 0.0812. The molecule has 0 saturated heterocycles. The Labute approximate surface area is 136 Å². The lowest BCUT2D eigenvalue weighted by molar-refractivity contribution is -0.163. The number of carbonyl (C=O) groups is 1. The van der Waals surface area contributed by atoms with Gasteiger partial charge >= 0.3 is 12.1 Å². The van der Waals surface area contributed by atoms with E-state index in [4.69, 9.17) is 4.74 Å². The van der Waals surface area contributed by atoms with Crippen LogP contribution in [-0.4, -0.2) is 16.7 Å². The van der Waals surface area contributed by atoms with E-state index in [1.807, 2.05) is 0 Å². The summed E-state index contributed by atoms with van der Waals surface area (Å²) in [6.45, 7) is 3.58. The number of rotatable bonds is 4. The number of aliphatic hydroxyl groups is 1. The summed E-state index contributed by atoms with van der Waals surface area (Å²) in [6, 6.07) is 2.36. The number of carbonyl (C=O) groups excluding carboxylic acids is 1. The van der Waals surface area contributed by atoms with Crippen LogP contribution in [0.5, 0.6) is 0 Å². The highest BCUT2D eigenvalue weighted by atomic mass is 19.4. The third-order valence-electron chi connectivity index (χ3n) is 4.24. The molecule has 3 nitrogen and oxygen atoms in total. The molecule has 0 aliphatic carbocycles. The molecule has 1 aliphatic rings. The molecule has 0 fully saturated rings. The van der Waals surface area contributed by atoms with Gasteiger partial charge in [-0.2, -0.15) is 13.2 Å². The second-order valence-electron chi connectivity index (χ2n) is 6.30. The Bertz CT molecular complexity index is 664. The quantitative estimate of drug-likeness (QED) is 0.642. The molecule has 1 atom stereocenters. The molecule has 0 amide bonds. The Morgan fingerprint density at radius 1 is 1.29 bits per heavy atom. The topological polar surface area (TPSA) is 46.5 Å². The molecule has 1 N–H and O–H groups in total. The normalized spacial score (nSPS) is 21.6. The summed E-state index contributed by atoms with van der Waals surface area (Å²) in [5, 5.41) is 9.71. The molecule has 7 heteroatoms. The first-order valence-corrected chi connectivity index (χ1v) is 7.51. The van der Waals surface area contributed by atoms with E-state index in [1.165, 1.54) is 0 Å². The van der Waals surface area contributed by atoms with E-state index in [0.717, 1.165) is 18.2 Å². The number of hydrogen-bond donors (Lipinski definition) is 1. The zero-order chi connectivity index (χ0) is 18.1. The second kappa shape index (κ2) is 6.45. The second-order valence-corrected chi connectivity index (χ2v) is 6.30. The summed E-state index contributed by atoms with van der Waals surface area (Å²) in [5.74, 6) is -1.97. The SMILES string of the molecule is CC(C)C1(CCc2cc(F)cc(C(F)(F)F)c2)CC(O)=CC(=O)O1. The first-order chi connectivity index (χ1) is 11.0. The zero-order valence-electron chi connectivity index (χ0n) is 13.3. The van der Waals surface area contributed by atoms with Gasteiger partial charge in [0.05, 0.1) is 11.6 Å². The van der Waals surface area contributed by atoms with E-state index < -0.39 is 29.1 Å². The molecule has 1 aromatic carbocycles. The van der Waals surface area contributed by atoms with Crippen molar-refractivity contribution in [3.63, 3.8) is 0 Å². The van der Waals surface area contributed by atoms with Gasteiger partial charge in [-0.1, -0.05) is 13.8 Å². The highest BCUT2D eigenvalue weighted by molar-refractivity contribution is 5.83. The average Bonchev–Trinajstić information content (AvgIpc) is 2.42. The van der Waals surface area contributed by atoms with Crippen LogP contribution in [0.1, 0.15) is 37.8 Å². The van der Waals surface area contributed by atoms with Crippen molar-refractivity contribution in [2.45, 2.75) is 44.9 Å². The van der Waals surface area contributed by atoms with Gasteiger partial charge in [0.25, 0.3) is 0 Å². The van der Waals surface area contributed by atoms with Crippen molar-refractivity contribution in [2.24, 2.45) is 5.92 Å². The number of aryl methyl sites for hydroxylation is 1. The minimum Gasteiger partial charge on any atom is -0.512 e. The molecule has 0 bridgehead atoms. The molecule has 1 aromatic rings. The molecule has 0 aromatic heterocycles. The Kier molecular flexibility index (Phi) is 4.92. The van der Waals surface area contributed by atoms with Crippen LogP contribution >= 0.6 is 0 Å². The first kappa shape index (κ1) is 18.3. The minimum atomic E-state index is -4.63. The van der Waals surface area contributed by atoms with Crippen LogP contribution in [0.4, 0.5) is 17.6 Å². The van der Waals surface area contributed by atoms with Crippen molar-refractivity contribution in [1.29, 1.82) is 0 Å². The Balaban J connectivity index is 2.24. The Morgan fingerprint density at radius 2 is 1.96 bits per heavy atom. The van der Waals surface area contributed by atoms with Crippen LogP contribution in [0, 0.1) is 11.7 Å².